The predicted octanol–water partition coefficient (Wildman–Crippen LogP) is 4.63. The predicted molar refractivity (Wildman–Crippen MR) is 81.7 cm³/mol. The number of aromatic nitrogens is 2. The van der Waals surface area contributed by atoms with Crippen LogP contribution >= 0.6 is 11.6 Å². The first-order valence-corrected chi connectivity index (χ1v) is 7.31. The minimum absolute atomic E-state index is 0.0303. The fourth-order valence-electron chi connectivity index (χ4n) is 2.16. The van der Waals surface area contributed by atoms with Crippen molar-refractivity contribution in [1.82, 2.24) is 9.78 Å². The van der Waals surface area contributed by atoms with Gasteiger partial charge < -0.3 is 0 Å². The van der Waals surface area contributed by atoms with Crippen LogP contribution in [0, 0.1) is 0 Å². The lowest BCUT2D eigenvalue weighted by Crippen LogP contribution is -2.16. The van der Waals surface area contributed by atoms with Crippen molar-refractivity contribution in [2.75, 3.05) is 0 Å². The van der Waals surface area contributed by atoms with E-state index < -0.39 is 17.0 Å². The fraction of sp³-hybridized carbons (Fsp3) is 0.375. The molecule has 7 heteroatoms. The molecule has 1 aromatic carbocycles. The summed E-state index contributed by atoms with van der Waals surface area (Å²) >= 11 is 5.55. The second-order valence-electron chi connectivity index (χ2n) is 6.25. The second kappa shape index (κ2) is 6.00. The molecule has 0 unspecified atom stereocenters. The van der Waals surface area contributed by atoms with Crippen molar-refractivity contribution in [3.63, 3.8) is 0 Å². The van der Waals surface area contributed by atoms with Gasteiger partial charge in [0.1, 0.15) is 5.69 Å². The highest BCUT2D eigenvalue weighted by molar-refractivity contribution is 6.67. The maximum absolute atomic E-state index is 13.1. The minimum Gasteiger partial charge on any atom is -0.274 e. The van der Waals surface area contributed by atoms with Gasteiger partial charge in [-0.1, -0.05) is 39.0 Å². The van der Waals surface area contributed by atoms with Crippen molar-refractivity contribution in [2.45, 2.75) is 38.9 Å². The number of alkyl halides is 3. The highest BCUT2D eigenvalue weighted by Crippen LogP contribution is 2.32. The van der Waals surface area contributed by atoms with Crippen molar-refractivity contribution in [3.8, 4) is 0 Å². The summed E-state index contributed by atoms with van der Waals surface area (Å²) in [4.78, 5) is 11.6. The maximum atomic E-state index is 13.1. The SMILES string of the molecule is CC(C)(C)c1cc(C(=O)Cl)n(Cc2ccccc2C(F)(F)F)n1. The van der Waals surface area contributed by atoms with Gasteiger partial charge in [0.05, 0.1) is 17.8 Å². The van der Waals surface area contributed by atoms with Gasteiger partial charge >= 0.3 is 6.18 Å². The van der Waals surface area contributed by atoms with E-state index in [1.807, 2.05) is 20.8 Å². The van der Waals surface area contributed by atoms with Crippen LogP contribution in [0.5, 0.6) is 0 Å². The Kier molecular flexibility index (Phi) is 4.57. The summed E-state index contributed by atoms with van der Waals surface area (Å²) in [6, 6.07) is 6.73. The van der Waals surface area contributed by atoms with E-state index in [2.05, 4.69) is 5.10 Å². The summed E-state index contributed by atoms with van der Waals surface area (Å²) in [5, 5.41) is 3.51. The number of carbonyl (C=O) groups is 1. The van der Waals surface area contributed by atoms with Crippen molar-refractivity contribution in [2.24, 2.45) is 0 Å². The number of hydrogen-bond acceptors (Lipinski definition) is 2. The van der Waals surface area contributed by atoms with Crippen molar-refractivity contribution >= 4 is 16.8 Å². The first-order chi connectivity index (χ1) is 10.5. The molecule has 0 amide bonds. The molecule has 0 spiro atoms. The van der Waals surface area contributed by atoms with Gasteiger partial charge in [-0.3, -0.25) is 9.48 Å². The maximum Gasteiger partial charge on any atom is 0.416 e. The van der Waals surface area contributed by atoms with E-state index >= 15 is 0 Å². The van der Waals surface area contributed by atoms with Crippen LogP contribution in [-0.2, 0) is 18.1 Å². The van der Waals surface area contributed by atoms with Crippen LogP contribution in [0.4, 0.5) is 13.2 Å². The largest absolute Gasteiger partial charge is 0.416 e. The average Bonchev–Trinajstić information content (AvgIpc) is 2.82. The third-order valence-corrected chi connectivity index (χ3v) is 3.59. The van der Waals surface area contributed by atoms with Gasteiger partial charge in [-0.15, -0.1) is 0 Å². The molecule has 3 nitrogen and oxygen atoms in total. The van der Waals surface area contributed by atoms with E-state index in [1.54, 1.807) is 0 Å². The Morgan fingerprint density at radius 3 is 2.35 bits per heavy atom. The number of nitrogens with zero attached hydrogens (tertiary/aromatic N) is 2. The standard InChI is InChI=1S/C16H16ClF3N2O/c1-15(2,3)13-8-12(14(17)23)22(21-13)9-10-6-4-5-7-11(10)16(18,19)20/h4-8H,9H2,1-3H3. The highest BCUT2D eigenvalue weighted by atomic mass is 35.5. The zero-order chi connectivity index (χ0) is 17.4. The molecule has 0 aliphatic carbocycles. The number of benzene rings is 1. The Labute approximate surface area is 137 Å². The van der Waals surface area contributed by atoms with Crippen LogP contribution in [0.3, 0.4) is 0 Å². The summed E-state index contributed by atoms with van der Waals surface area (Å²) in [7, 11) is 0. The number of carbonyl (C=O) groups excluding carboxylic acids is 1. The van der Waals surface area contributed by atoms with Gasteiger partial charge in [-0.2, -0.15) is 18.3 Å². The molecule has 124 valence electrons. The molecule has 1 aromatic heterocycles. The summed E-state index contributed by atoms with van der Waals surface area (Å²) in [5.41, 5.74) is -0.404. The number of halogens is 4. The van der Waals surface area contributed by atoms with Crippen LogP contribution in [0.25, 0.3) is 0 Å². The lowest BCUT2D eigenvalue weighted by atomic mass is 9.92. The molecule has 0 N–H and O–H groups in total. The average molecular weight is 345 g/mol. The van der Waals surface area contributed by atoms with Crippen LogP contribution < -0.4 is 0 Å². The van der Waals surface area contributed by atoms with E-state index in [0.717, 1.165) is 6.07 Å². The first kappa shape index (κ1) is 17.5. The van der Waals surface area contributed by atoms with E-state index in [1.165, 1.54) is 28.9 Å². The second-order valence-corrected chi connectivity index (χ2v) is 6.59. The van der Waals surface area contributed by atoms with Gasteiger partial charge in [-0.25, -0.2) is 0 Å². The molecule has 2 rings (SSSR count). The van der Waals surface area contributed by atoms with Gasteiger partial charge in [0.25, 0.3) is 5.24 Å². The van der Waals surface area contributed by atoms with E-state index in [9.17, 15) is 18.0 Å². The molecule has 2 aromatic rings. The third kappa shape index (κ3) is 3.93. The van der Waals surface area contributed by atoms with Crippen molar-refractivity contribution < 1.29 is 18.0 Å². The lowest BCUT2D eigenvalue weighted by Gasteiger charge is -2.15. The molecule has 0 bridgehead atoms. The summed E-state index contributed by atoms with van der Waals surface area (Å²) in [5.74, 6) is 0. The molecule has 0 atom stereocenters. The molecule has 0 aliphatic heterocycles. The summed E-state index contributed by atoms with van der Waals surface area (Å²) < 4.78 is 40.5. The monoisotopic (exact) mass is 344 g/mol. The Morgan fingerprint density at radius 1 is 1.22 bits per heavy atom. The van der Waals surface area contributed by atoms with E-state index in [4.69, 9.17) is 11.6 Å². The fourth-order valence-corrected chi connectivity index (χ4v) is 2.31. The van der Waals surface area contributed by atoms with Crippen LogP contribution in [-0.4, -0.2) is 15.0 Å². The van der Waals surface area contributed by atoms with Crippen LogP contribution in [0.2, 0.25) is 0 Å². The molecule has 0 saturated heterocycles. The van der Waals surface area contributed by atoms with Crippen LogP contribution in [0.1, 0.15) is 48.1 Å². The Hall–Kier alpha value is -1.82. The molecule has 1 heterocycles. The number of hydrogen-bond donors (Lipinski definition) is 0. The Morgan fingerprint density at radius 2 is 1.83 bits per heavy atom. The zero-order valence-electron chi connectivity index (χ0n) is 12.9. The molecule has 0 fully saturated rings. The van der Waals surface area contributed by atoms with Gasteiger partial charge in [-0.05, 0) is 29.3 Å². The molecule has 0 saturated carbocycles. The smallest absolute Gasteiger partial charge is 0.274 e. The topological polar surface area (TPSA) is 34.9 Å². The van der Waals surface area contributed by atoms with E-state index in [0.29, 0.717) is 5.69 Å². The minimum atomic E-state index is -4.47. The molecular formula is C16H16ClF3N2O. The molecule has 23 heavy (non-hydrogen) atoms. The molecule has 0 aliphatic rings. The Balaban J connectivity index is 2.49. The van der Waals surface area contributed by atoms with Gasteiger partial charge in [0, 0.05) is 5.41 Å². The Bertz CT molecular complexity index is 730. The van der Waals surface area contributed by atoms with Gasteiger partial charge in [0.15, 0.2) is 0 Å². The molecular weight excluding hydrogens is 329 g/mol. The van der Waals surface area contributed by atoms with E-state index in [-0.39, 0.29) is 23.2 Å². The first-order valence-electron chi connectivity index (χ1n) is 6.93. The quantitative estimate of drug-likeness (QED) is 0.761. The van der Waals surface area contributed by atoms with Gasteiger partial charge in [0.2, 0.25) is 0 Å². The summed E-state index contributed by atoms with van der Waals surface area (Å²) in [6.07, 6.45) is -4.47. The van der Waals surface area contributed by atoms with Crippen molar-refractivity contribution in [1.29, 1.82) is 0 Å². The normalized spacial score (nSPS) is 12.5. The van der Waals surface area contributed by atoms with Crippen molar-refractivity contribution in [3.05, 3.63) is 52.8 Å². The number of rotatable bonds is 3. The summed E-state index contributed by atoms with van der Waals surface area (Å²) in [6.45, 7) is 5.50. The molecule has 0 radical (unpaired) electrons. The van der Waals surface area contributed by atoms with Crippen LogP contribution in [0.15, 0.2) is 30.3 Å². The zero-order valence-corrected chi connectivity index (χ0v) is 13.7. The third-order valence-electron chi connectivity index (χ3n) is 3.39. The lowest BCUT2D eigenvalue weighted by molar-refractivity contribution is -0.138. The highest BCUT2D eigenvalue weighted by Gasteiger charge is 2.33.